The lowest BCUT2D eigenvalue weighted by atomic mass is 9.95. The van der Waals surface area contributed by atoms with Crippen LogP contribution in [0.5, 0.6) is 0 Å². The molecule has 1 heterocycles. The van der Waals surface area contributed by atoms with E-state index in [1.807, 2.05) is 18.2 Å². The Hall–Kier alpha value is -1.22. The van der Waals surface area contributed by atoms with Crippen molar-refractivity contribution in [2.45, 2.75) is 26.2 Å². The second-order valence-electron chi connectivity index (χ2n) is 3.69. The summed E-state index contributed by atoms with van der Waals surface area (Å²) < 4.78 is 0. The summed E-state index contributed by atoms with van der Waals surface area (Å²) in [4.78, 5) is 15.9. The van der Waals surface area contributed by atoms with E-state index in [9.17, 15) is 4.79 Å². The first-order valence-electron chi connectivity index (χ1n) is 5.40. The summed E-state index contributed by atoms with van der Waals surface area (Å²) >= 11 is 0. The highest BCUT2D eigenvalue weighted by molar-refractivity contribution is 5.83. The predicted octanol–water partition coefficient (Wildman–Crippen LogP) is 1.57. The minimum atomic E-state index is -0.00277. The zero-order valence-corrected chi connectivity index (χ0v) is 9.15. The summed E-state index contributed by atoms with van der Waals surface area (Å²) in [6, 6.07) is 5.62. The van der Waals surface area contributed by atoms with Crippen LogP contribution in [0.25, 0.3) is 0 Å². The van der Waals surface area contributed by atoms with Crippen molar-refractivity contribution in [3.63, 3.8) is 0 Å². The van der Waals surface area contributed by atoms with Crippen LogP contribution >= 0.6 is 0 Å². The van der Waals surface area contributed by atoms with Gasteiger partial charge in [-0.05, 0) is 18.6 Å². The van der Waals surface area contributed by atoms with Crippen molar-refractivity contribution in [2.24, 2.45) is 11.7 Å². The molecule has 0 aliphatic heterocycles. The Morgan fingerprint density at radius 1 is 1.53 bits per heavy atom. The first kappa shape index (κ1) is 11.9. The molecule has 1 aromatic rings. The fourth-order valence-corrected chi connectivity index (χ4v) is 1.58. The Morgan fingerprint density at radius 3 is 2.87 bits per heavy atom. The molecule has 2 N–H and O–H groups in total. The van der Waals surface area contributed by atoms with Gasteiger partial charge < -0.3 is 5.73 Å². The largest absolute Gasteiger partial charge is 0.330 e. The SMILES string of the molecule is CCCC(CN)C(=O)Cc1ccccn1. The Morgan fingerprint density at radius 2 is 2.33 bits per heavy atom. The van der Waals surface area contributed by atoms with Crippen molar-refractivity contribution >= 4 is 5.78 Å². The van der Waals surface area contributed by atoms with Crippen molar-refractivity contribution in [3.8, 4) is 0 Å². The summed E-state index contributed by atoms with van der Waals surface area (Å²) in [6.45, 7) is 2.51. The highest BCUT2D eigenvalue weighted by Crippen LogP contribution is 2.09. The van der Waals surface area contributed by atoms with E-state index in [1.165, 1.54) is 0 Å². The van der Waals surface area contributed by atoms with E-state index in [-0.39, 0.29) is 11.7 Å². The van der Waals surface area contributed by atoms with Crippen molar-refractivity contribution < 1.29 is 4.79 Å². The third-order valence-electron chi connectivity index (χ3n) is 2.46. The molecule has 1 unspecified atom stereocenters. The monoisotopic (exact) mass is 206 g/mol. The Bertz CT molecular complexity index is 298. The van der Waals surface area contributed by atoms with Gasteiger partial charge in [0.2, 0.25) is 0 Å². The third-order valence-corrected chi connectivity index (χ3v) is 2.46. The fourth-order valence-electron chi connectivity index (χ4n) is 1.58. The van der Waals surface area contributed by atoms with Crippen LogP contribution in [0.1, 0.15) is 25.5 Å². The number of carbonyl (C=O) groups excluding carboxylic acids is 1. The number of rotatable bonds is 6. The molecule has 15 heavy (non-hydrogen) atoms. The molecule has 3 nitrogen and oxygen atoms in total. The van der Waals surface area contributed by atoms with E-state index in [2.05, 4.69) is 11.9 Å². The maximum atomic E-state index is 11.8. The summed E-state index contributed by atoms with van der Waals surface area (Å²) in [6.07, 6.45) is 3.99. The molecule has 0 bridgehead atoms. The van der Waals surface area contributed by atoms with Crippen molar-refractivity contribution in [1.82, 2.24) is 4.98 Å². The number of pyridine rings is 1. The van der Waals surface area contributed by atoms with E-state index < -0.39 is 0 Å². The molecule has 1 atom stereocenters. The Kier molecular flexibility index (Phi) is 4.98. The van der Waals surface area contributed by atoms with Crippen molar-refractivity contribution in [3.05, 3.63) is 30.1 Å². The molecule has 3 heteroatoms. The van der Waals surface area contributed by atoms with Crippen LogP contribution in [0.2, 0.25) is 0 Å². The molecule has 0 aliphatic rings. The molecule has 82 valence electrons. The highest BCUT2D eigenvalue weighted by Gasteiger charge is 2.16. The first-order chi connectivity index (χ1) is 7.27. The molecule has 0 aromatic carbocycles. The molecule has 0 aliphatic carbocycles. The third kappa shape index (κ3) is 3.80. The summed E-state index contributed by atoms with van der Waals surface area (Å²) in [5.41, 5.74) is 6.40. The number of nitrogens with zero attached hydrogens (tertiary/aromatic N) is 1. The van der Waals surface area contributed by atoms with Crippen LogP contribution < -0.4 is 5.73 Å². The van der Waals surface area contributed by atoms with Gasteiger partial charge in [-0.15, -0.1) is 0 Å². The van der Waals surface area contributed by atoms with Gasteiger partial charge in [0.25, 0.3) is 0 Å². The number of hydrogen-bond acceptors (Lipinski definition) is 3. The van der Waals surface area contributed by atoms with Gasteiger partial charge in [-0.25, -0.2) is 0 Å². The number of Topliss-reactive ketones (excluding diaryl/α,β-unsaturated/α-hetero) is 1. The average Bonchev–Trinajstić information content (AvgIpc) is 2.27. The van der Waals surface area contributed by atoms with Gasteiger partial charge >= 0.3 is 0 Å². The highest BCUT2D eigenvalue weighted by atomic mass is 16.1. The lowest BCUT2D eigenvalue weighted by molar-refractivity contribution is -0.122. The topological polar surface area (TPSA) is 56.0 Å². The van der Waals surface area contributed by atoms with E-state index >= 15 is 0 Å². The lowest BCUT2D eigenvalue weighted by Crippen LogP contribution is -2.25. The van der Waals surface area contributed by atoms with Gasteiger partial charge in [-0.2, -0.15) is 0 Å². The van der Waals surface area contributed by atoms with Gasteiger partial charge in [0.15, 0.2) is 0 Å². The molecule has 0 spiro atoms. The standard InChI is InChI=1S/C12H18N2O/c1-2-5-10(9-13)12(15)8-11-6-3-4-7-14-11/h3-4,6-7,10H,2,5,8-9,13H2,1H3. The zero-order valence-electron chi connectivity index (χ0n) is 9.15. The molecule has 0 radical (unpaired) electrons. The van der Waals surface area contributed by atoms with Crippen LogP contribution in [0, 0.1) is 5.92 Å². The van der Waals surface area contributed by atoms with Crippen molar-refractivity contribution in [2.75, 3.05) is 6.54 Å². The number of carbonyl (C=O) groups is 1. The van der Waals surface area contributed by atoms with Gasteiger partial charge in [0, 0.05) is 30.8 Å². The molecular formula is C12H18N2O. The minimum Gasteiger partial charge on any atom is -0.330 e. The van der Waals surface area contributed by atoms with E-state index in [1.54, 1.807) is 6.20 Å². The molecular weight excluding hydrogens is 188 g/mol. The van der Waals surface area contributed by atoms with Crippen LogP contribution in [-0.2, 0) is 11.2 Å². The molecule has 0 fully saturated rings. The smallest absolute Gasteiger partial charge is 0.143 e. The molecule has 1 rings (SSSR count). The summed E-state index contributed by atoms with van der Waals surface area (Å²) in [5, 5.41) is 0. The lowest BCUT2D eigenvalue weighted by Gasteiger charge is -2.11. The first-order valence-corrected chi connectivity index (χ1v) is 5.40. The van der Waals surface area contributed by atoms with Gasteiger partial charge in [-0.3, -0.25) is 9.78 Å². The summed E-state index contributed by atoms with van der Waals surface area (Å²) in [5.74, 6) is 0.204. The number of nitrogens with two attached hydrogens (primary N) is 1. The zero-order chi connectivity index (χ0) is 11.1. The maximum Gasteiger partial charge on any atom is 0.143 e. The maximum absolute atomic E-state index is 11.8. The fraction of sp³-hybridized carbons (Fsp3) is 0.500. The van der Waals surface area contributed by atoms with E-state index in [0.717, 1.165) is 18.5 Å². The number of ketones is 1. The van der Waals surface area contributed by atoms with Gasteiger partial charge in [0.1, 0.15) is 5.78 Å². The van der Waals surface area contributed by atoms with E-state index in [0.29, 0.717) is 13.0 Å². The van der Waals surface area contributed by atoms with E-state index in [4.69, 9.17) is 5.73 Å². The number of aromatic nitrogens is 1. The normalized spacial score (nSPS) is 12.4. The number of hydrogen-bond donors (Lipinski definition) is 1. The van der Waals surface area contributed by atoms with Crippen LogP contribution in [0.15, 0.2) is 24.4 Å². The van der Waals surface area contributed by atoms with Crippen LogP contribution in [0.4, 0.5) is 0 Å². The minimum absolute atomic E-state index is 0.00277. The molecule has 0 amide bonds. The second-order valence-corrected chi connectivity index (χ2v) is 3.69. The average molecular weight is 206 g/mol. The van der Waals surface area contributed by atoms with Gasteiger partial charge in [0.05, 0.1) is 0 Å². The summed E-state index contributed by atoms with van der Waals surface area (Å²) in [7, 11) is 0. The predicted molar refractivity (Wildman–Crippen MR) is 60.4 cm³/mol. The molecule has 1 aromatic heterocycles. The quantitative estimate of drug-likeness (QED) is 0.768. The van der Waals surface area contributed by atoms with Crippen LogP contribution in [0.3, 0.4) is 0 Å². The second kappa shape index (κ2) is 6.30. The Balaban J connectivity index is 2.54. The van der Waals surface area contributed by atoms with Crippen LogP contribution in [-0.4, -0.2) is 17.3 Å². The van der Waals surface area contributed by atoms with Crippen molar-refractivity contribution in [1.29, 1.82) is 0 Å². The van der Waals surface area contributed by atoms with Gasteiger partial charge in [-0.1, -0.05) is 19.4 Å². The molecule has 0 saturated carbocycles. The Labute approximate surface area is 90.7 Å². The molecule has 0 saturated heterocycles.